The van der Waals surface area contributed by atoms with Gasteiger partial charge >= 0.3 is 0 Å². The second-order valence-electron chi connectivity index (χ2n) is 12.9. The zero-order valence-corrected chi connectivity index (χ0v) is 26.9. The number of furan rings is 1. The van der Waals surface area contributed by atoms with Crippen molar-refractivity contribution in [1.29, 1.82) is 0 Å². The van der Waals surface area contributed by atoms with E-state index in [0.717, 1.165) is 38.9 Å². The fraction of sp³-hybridized carbons (Fsp3) is 0.0217. The average Bonchev–Trinajstić information content (AvgIpc) is 3.70. The number of aromatic nitrogens is 2. The number of benzene rings is 7. The summed E-state index contributed by atoms with van der Waals surface area (Å²) in [6.45, 7) is 2.13. The average molecular weight is 627 g/mol. The van der Waals surface area contributed by atoms with E-state index in [2.05, 4.69) is 157 Å². The van der Waals surface area contributed by atoms with Crippen LogP contribution >= 0.6 is 0 Å². The van der Waals surface area contributed by atoms with Crippen LogP contribution in [0.4, 0.5) is 0 Å². The molecular formula is C46H30N2O. The molecule has 0 aliphatic carbocycles. The number of pyridine rings is 1. The van der Waals surface area contributed by atoms with Gasteiger partial charge in [-0.3, -0.25) is 4.98 Å². The lowest BCUT2D eigenvalue weighted by molar-refractivity contribution is 0.669. The minimum absolute atomic E-state index is 0.911. The molecule has 0 bridgehead atoms. The van der Waals surface area contributed by atoms with E-state index >= 15 is 0 Å². The molecule has 10 aromatic rings. The molecule has 0 N–H and O–H groups in total. The van der Waals surface area contributed by atoms with Crippen LogP contribution in [0.1, 0.15) is 5.56 Å². The van der Waals surface area contributed by atoms with Crippen molar-refractivity contribution in [3.63, 3.8) is 0 Å². The lowest BCUT2D eigenvalue weighted by atomic mass is 9.99. The smallest absolute Gasteiger partial charge is 0.135 e. The maximum atomic E-state index is 6.13. The fourth-order valence-electron chi connectivity index (χ4n) is 7.53. The molecule has 3 heterocycles. The van der Waals surface area contributed by atoms with Gasteiger partial charge in [0.1, 0.15) is 11.2 Å². The second kappa shape index (κ2) is 10.8. The molecule has 0 atom stereocenters. The number of para-hydroxylation sites is 1. The highest BCUT2D eigenvalue weighted by Crippen LogP contribution is 2.40. The van der Waals surface area contributed by atoms with Crippen LogP contribution in [-0.2, 0) is 0 Å². The highest BCUT2D eigenvalue weighted by atomic mass is 16.3. The standard InChI is InChI=1S/C46H30N2O/c1-29-7-6-9-32(25-29)35-23-24-47-41(28-35)31-13-18-36(19-14-31)48-42-20-16-33(27-40(42)46-37-10-3-2-8-30(37)15-21-43(46)48)34-17-22-45-39(26-34)38-11-4-5-12-44(38)49-45/h2-28H,1H3. The van der Waals surface area contributed by atoms with Crippen molar-refractivity contribution in [2.24, 2.45) is 0 Å². The van der Waals surface area contributed by atoms with Gasteiger partial charge < -0.3 is 8.98 Å². The van der Waals surface area contributed by atoms with Crippen molar-refractivity contribution in [3.8, 4) is 39.2 Å². The lowest BCUT2D eigenvalue weighted by Crippen LogP contribution is -1.94. The van der Waals surface area contributed by atoms with Gasteiger partial charge in [0.2, 0.25) is 0 Å². The summed E-state index contributed by atoms with van der Waals surface area (Å²) in [5.41, 5.74) is 13.3. The van der Waals surface area contributed by atoms with Gasteiger partial charge in [-0.05, 0) is 101 Å². The molecule has 3 nitrogen and oxygen atoms in total. The van der Waals surface area contributed by atoms with Crippen molar-refractivity contribution in [3.05, 3.63) is 169 Å². The molecule has 49 heavy (non-hydrogen) atoms. The summed E-state index contributed by atoms with van der Waals surface area (Å²) in [5.74, 6) is 0. The Labute approximate surface area is 283 Å². The van der Waals surface area contributed by atoms with Gasteiger partial charge in [0, 0.05) is 39.0 Å². The minimum atomic E-state index is 0.911. The number of hydrogen-bond acceptors (Lipinski definition) is 2. The summed E-state index contributed by atoms with van der Waals surface area (Å²) in [4.78, 5) is 4.74. The zero-order chi connectivity index (χ0) is 32.5. The van der Waals surface area contributed by atoms with Gasteiger partial charge in [0.25, 0.3) is 0 Å². The predicted octanol–water partition coefficient (Wildman–Crippen LogP) is 12.5. The van der Waals surface area contributed by atoms with Crippen LogP contribution in [0, 0.1) is 6.92 Å². The molecule has 0 amide bonds. The van der Waals surface area contributed by atoms with E-state index in [1.807, 2.05) is 18.3 Å². The third-order valence-corrected chi connectivity index (χ3v) is 9.90. The Morgan fingerprint density at radius 1 is 0.469 bits per heavy atom. The van der Waals surface area contributed by atoms with Crippen molar-refractivity contribution in [2.75, 3.05) is 0 Å². The van der Waals surface area contributed by atoms with Crippen molar-refractivity contribution in [2.45, 2.75) is 6.92 Å². The maximum Gasteiger partial charge on any atom is 0.135 e. The molecule has 7 aromatic carbocycles. The molecule has 0 saturated carbocycles. The van der Waals surface area contributed by atoms with Crippen LogP contribution in [0.25, 0.3) is 93.7 Å². The van der Waals surface area contributed by atoms with Crippen LogP contribution < -0.4 is 0 Å². The summed E-state index contributed by atoms with van der Waals surface area (Å²) in [7, 11) is 0. The Kier molecular flexibility index (Phi) is 6.09. The Balaban J connectivity index is 1.12. The van der Waals surface area contributed by atoms with E-state index in [0.29, 0.717) is 0 Å². The van der Waals surface area contributed by atoms with Gasteiger partial charge in [-0.2, -0.15) is 0 Å². The number of rotatable bonds is 4. The summed E-state index contributed by atoms with van der Waals surface area (Å²) in [6, 6.07) is 56.6. The Bertz CT molecular complexity index is 2890. The first kappa shape index (κ1) is 27.6. The summed E-state index contributed by atoms with van der Waals surface area (Å²) >= 11 is 0. The molecule has 0 saturated heterocycles. The number of hydrogen-bond donors (Lipinski definition) is 0. The molecule has 3 aromatic heterocycles. The number of nitrogens with zero attached hydrogens (tertiary/aromatic N) is 2. The molecule has 0 spiro atoms. The first-order chi connectivity index (χ1) is 24.2. The predicted molar refractivity (Wildman–Crippen MR) is 204 cm³/mol. The van der Waals surface area contributed by atoms with Crippen molar-refractivity contribution < 1.29 is 4.42 Å². The Hall–Kier alpha value is -6.45. The van der Waals surface area contributed by atoms with E-state index in [1.54, 1.807) is 0 Å². The van der Waals surface area contributed by atoms with Gasteiger partial charge in [-0.1, -0.05) is 103 Å². The molecule has 0 aliphatic heterocycles. The fourth-order valence-corrected chi connectivity index (χ4v) is 7.53. The molecule has 10 rings (SSSR count). The molecule has 0 unspecified atom stereocenters. The third kappa shape index (κ3) is 4.47. The SMILES string of the molecule is Cc1cccc(-c2ccnc(-c3ccc(-n4c5ccc(-c6ccc7oc8ccccc8c7c6)cc5c5c6ccccc6ccc54)cc3)c2)c1. The minimum Gasteiger partial charge on any atom is -0.456 e. The van der Waals surface area contributed by atoms with Crippen molar-refractivity contribution >= 4 is 54.5 Å². The van der Waals surface area contributed by atoms with Gasteiger partial charge in [-0.25, -0.2) is 0 Å². The topological polar surface area (TPSA) is 31.0 Å². The second-order valence-corrected chi connectivity index (χ2v) is 12.9. The van der Waals surface area contributed by atoms with Crippen LogP contribution in [0.15, 0.2) is 168 Å². The summed E-state index contributed by atoms with van der Waals surface area (Å²) in [5, 5.41) is 7.27. The molecule has 0 aliphatic rings. The van der Waals surface area contributed by atoms with Crippen LogP contribution in [0.3, 0.4) is 0 Å². The van der Waals surface area contributed by atoms with E-state index < -0.39 is 0 Å². The van der Waals surface area contributed by atoms with E-state index in [1.165, 1.54) is 60.4 Å². The van der Waals surface area contributed by atoms with E-state index in [4.69, 9.17) is 9.40 Å². The Morgan fingerprint density at radius 3 is 2.04 bits per heavy atom. The Morgan fingerprint density at radius 2 is 1.16 bits per heavy atom. The largest absolute Gasteiger partial charge is 0.456 e. The first-order valence-electron chi connectivity index (χ1n) is 16.7. The molecule has 3 heteroatoms. The van der Waals surface area contributed by atoms with Gasteiger partial charge in [0.15, 0.2) is 0 Å². The first-order valence-corrected chi connectivity index (χ1v) is 16.7. The molecule has 0 fully saturated rings. The highest BCUT2D eigenvalue weighted by molar-refractivity contribution is 6.22. The quantitative estimate of drug-likeness (QED) is 0.195. The maximum absolute atomic E-state index is 6.13. The lowest BCUT2D eigenvalue weighted by Gasteiger charge is -2.11. The van der Waals surface area contributed by atoms with Gasteiger partial charge in [0.05, 0.1) is 16.7 Å². The monoisotopic (exact) mass is 626 g/mol. The van der Waals surface area contributed by atoms with Crippen molar-refractivity contribution in [1.82, 2.24) is 9.55 Å². The highest BCUT2D eigenvalue weighted by Gasteiger charge is 2.17. The van der Waals surface area contributed by atoms with Crippen LogP contribution in [-0.4, -0.2) is 9.55 Å². The molecular weight excluding hydrogens is 597 g/mol. The number of aryl methyl sites for hydroxylation is 1. The normalized spacial score (nSPS) is 11.8. The number of fused-ring (bicyclic) bond motifs is 8. The summed E-state index contributed by atoms with van der Waals surface area (Å²) < 4.78 is 8.53. The van der Waals surface area contributed by atoms with Crippen LogP contribution in [0.5, 0.6) is 0 Å². The third-order valence-electron chi connectivity index (χ3n) is 9.90. The molecule has 230 valence electrons. The summed E-state index contributed by atoms with van der Waals surface area (Å²) in [6.07, 6.45) is 1.91. The zero-order valence-electron chi connectivity index (χ0n) is 26.9. The van der Waals surface area contributed by atoms with E-state index in [9.17, 15) is 0 Å². The van der Waals surface area contributed by atoms with E-state index in [-0.39, 0.29) is 0 Å². The van der Waals surface area contributed by atoms with Crippen LogP contribution in [0.2, 0.25) is 0 Å². The molecule has 0 radical (unpaired) electrons. The van der Waals surface area contributed by atoms with Gasteiger partial charge in [-0.15, -0.1) is 0 Å².